The Morgan fingerprint density at radius 2 is 1.88 bits per heavy atom. The normalized spacial score (nSPS) is 11.8. The van der Waals surface area contributed by atoms with Gasteiger partial charge in [-0.15, -0.1) is 0 Å². The minimum absolute atomic E-state index is 0.129. The number of aryl methyl sites for hydroxylation is 2. The van der Waals surface area contributed by atoms with Crippen LogP contribution in [-0.2, 0) is 19.0 Å². The second-order valence-corrected chi connectivity index (χ2v) is 5.45. The fraction of sp³-hybridized carbons (Fsp3) is 0.188. The number of pyridine rings is 1. The predicted molar refractivity (Wildman–Crippen MR) is 82.0 cm³/mol. The van der Waals surface area contributed by atoms with Gasteiger partial charge in [0.05, 0.1) is 5.56 Å². The van der Waals surface area contributed by atoms with E-state index in [1.807, 2.05) is 0 Å². The largest absolute Gasteiger partial charge is 0.507 e. The topological polar surface area (TPSA) is 93.5 Å². The Kier molecular flexibility index (Phi) is 4.07. The second-order valence-electron chi connectivity index (χ2n) is 5.45. The zero-order chi connectivity index (χ0) is 18.2. The molecule has 0 saturated heterocycles. The van der Waals surface area contributed by atoms with Crippen LogP contribution in [-0.4, -0.2) is 25.6 Å². The van der Waals surface area contributed by atoms with Crippen LogP contribution in [0.4, 0.5) is 13.2 Å². The van der Waals surface area contributed by atoms with Crippen molar-refractivity contribution in [2.45, 2.75) is 19.0 Å². The van der Waals surface area contributed by atoms with Gasteiger partial charge in [0.15, 0.2) is 5.65 Å². The number of primary amides is 1. The van der Waals surface area contributed by atoms with E-state index in [9.17, 15) is 23.1 Å². The average molecular weight is 350 g/mol. The highest BCUT2D eigenvalue weighted by molar-refractivity contribution is 6.01. The van der Waals surface area contributed by atoms with Crippen molar-refractivity contribution < 1.29 is 23.1 Å². The maximum absolute atomic E-state index is 12.6. The Labute approximate surface area is 139 Å². The van der Waals surface area contributed by atoms with Crippen LogP contribution in [0.5, 0.6) is 5.75 Å². The Hall–Kier alpha value is -3.10. The Balaban J connectivity index is 1.86. The monoisotopic (exact) mass is 350 g/mol. The first-order valence-electron chi connectivity index (χ1n) is 7.28. The molecule has 1 aromatic carbocycles. The number of rotatable bonds is 4. The lowest BCUT2D eigenvalue weighted by atomic mass is 10.0. The third-order valence-electron chi connectivity index (χ3n) is 3.80. The van der Waals surface area contributed by atoms with Crippen LogP contribution in [0.25, 0.3) is 5.65 Å². The summed E-state index contributed by atoms with van der Waals surface area (Å²) >= 11 is 0. The van der Waals surface area contributed by atoms with Gasteiger partial charge in [-0.2, -0.15) is 18.3 Å². The van der Waals surface area contributed by atoms with Crippen LogP contribution in [0, 0.1) is 0 Å². The molecule has 0 aliphatic rings. The molecule has 3 rings (SSSR count). The van der Waals surface area contributed by atoms with Crippen molar-refractivity contribution in [3.05, 3.63) is 59.0 Å². The number of amides is 1. The first-order chi connectivity index (χ1) is 11.8. The Morgan fingerprint density at radius 3 is 2.48 bits per heavy atom. The van der Waals surface area contributed by atoms with Crippen molar-refractivity contribution in [1.29, 1.82) is 0 Å². The summed E-state index contributed by atoms with van der Waals surface area (Å²) in [4.78, 5) is 15.3. The van der Waals surface area contributed by atoms with E-state index in [1.165, 1.54) is 29.0 Å². The summed E-state index contributed by atoms with van der Waals surface area (Å²) in [6.45, 7) is 0. The summed E-state index contributed by atoms with van der Waals surface area (Å²) in [6.07, 6.45) is -2.36. The first kappa shape index (κ1) is 16.7. The Morgan fingerprint density at radius 1 is 1.20 bits per heavy atom. The number of aromatic nitrogens is 3. The highest BCUT2D eigenvalue weighted by atomic mass is 19.4. The molecule has 130 valence electrons. The average Bonchev–Trinajstić information content (AvgIpc) is 3.00. The number of benzene rings is 1. The molecule has 0 bridgehead atoms. The summed E-state index contributed by atoms with van der Waals surface area (Å²) in [5, 5.41) is 14.0. The highest BCUT2D eigenvalue weighted by Crippen LogP contribution is 2.29. The molecular formula is C16H13F3N4O2. The molecule has 0 radical (unpaired) electrons. The zero-order valence-electron chi connectivity index (χ0n) is 12.8. The quantitative estimate of drug-likeness (QED) is 0.755. The van der Waals surface area contributed by atoms with Crippen molar-refractivity contribution in [3.63, 3.8) is 0 Å². The van der Waals surface area contributed by atoms with Gasteiger partial charge in [-0.05, 0) is 30.5 Å². The number of carbonyl (C=O) groups is 1. The van der Waals surface area contributed by atoms with Crippen LogP contribution in [0.1, 0.15) is 27.2 Å². The number of nitrogens with zero attached hydrogens (tertiary/aromatic N) is 3. The molecule has 25 heavy (non-hydrogen) atoms. The minimum atomic E-state index is -4.37. The van der Waals surface area contributed by atoms with Gasteiger partial charge in [-0.3, -0.25) is 4.79 Å². The van der Waals surface area contributed by atoms with Crippen LogP contribution in [0.2, 0.25) is 0 Å². The van der Waals surface area contributed by atoms with Gasteiger partial charge in [-0.1, -0.05) is 12.1 Å². The van der Waals surface area contributed by atoms with Crippen LogP contribution in [0.3, 0.4) is 0 Å². The standard InChI is InChI=1S/C16H13F3N4O2/c17-16(18,19)10-4-1-9(2-5-10)3-6-11-7-12(24)13(14(20)25)15-21-8-22-23(11)15/h1-2,4-5,7-8,24H,3,6H2,(H2,20,25). The van der Waals surface area contributed by atoms with E-state index in [-0.39, 0.29) is 17.0 Å². The van der Waals surface area contributed by atoms with Gasteiger partial charge in [-0.25, -0.2) is 9.50 Å². The van der Waals surface area contributed by atoms with Gasteiger partial charge in [0.1, 0.15) is 17.6 Å². The van der Waals surface area contributed by atoms with Gasteiger partial charge < -0.3 is 10.8 Å². The van der Waals surface area contributed by atoms with Gasteiger partial charge >= 0.3 is 6.18 Å². The van der Waals surface area contributed by atoms with E-state index >= 15 is 0 Å². The lowest BCUT2D eigenvalue weighted by Crippen LogP contribution is -2.15. The lowest BCUT2D eigenvalue weighted by molar-refractivity contribution is -0.137. The van der Waals surface area contributed by atoms with E-state index in [2.05, 4.69) is 10.1 Å². The fourth-order valence-corrected chi connectivity index (χ4v) is 2.58. The molecular weight excluding hydrogens is 337 g/mol. The number of halogens is 3. The van der Waals surface area contributed by atoms with E-state index in [0.717, 1.165) is 12.1 Å². The number of alkyl halides is 3. The number of carbonyl (C=O) groups excluding carboxylic acids is 1. The third kappa shape index (κ3) is 3.25. The third-order valence-corrected chi connectivity index (χ3v) is 3.80. The minimum Gasteiger partial charge on any atom is -0.507 e. The summed E-state index contributed by atoms with van der Waals surface area (Å²) < 4.78 is 39.1. The molecule has 2 aromatic heterocycles. The molecule has 1 amide bonds. The summed E-state index contributed by atoms with van der Waals surface area (Å²) in [5.41, 5.74) is 5.77. The summed E-state index contributed by atoms with van der Waals surface area (Å²) in [6, 6.07) is 6.20. The van der Waals surface area contributed by atoms with E-state index in [1.54, 1.807) is 0 Å². The van der Waals surface area contributed by atoms with Crippen LogP contribution in [0.15, 0.2) is 36.7 Å². The number of hydrogen-bond acceptors (Lipinski definition) is 4. The number of nitrogens with two attached hydrogens (primary N) is 1. The molecule has 6 nitrogen and oxygen atoms in total. The van der Waals surface area contributed by atoms with Crippen molar-refractivity contribution in [3.8, 4) is 5.75 Å². The highest BCUT2D eigenvalue weighted by Gasteiger charge is 2.29. The first-order valence-corrected chi connectivity index (χ1v) is 7.28. The van der Waals surface area contributed by atoms with Gasteiger partial charge in [0.2, 0.25) is 0 Å². The van der Waals surface area contributed by atoms with E-state index in [4.69, 9.17) is 5.73 Å². The van der Waals surface area contributed by atoms with Gasteiger partial charge in [0, 0.05) is 11.8 Å². The molecule has 0 saturated carbocycles. The van der Waals surface area contributed by atoms with Gasteiger partial charge in [0.25, 0.3) is 5.91 Å². The van der Waals surface area contributed by atoms with Crippen molar-refractivity contribution >= 4 is 11.6 Å². The van der Waals surface area contributed by atoms with Crippen molar-refractivity contribution in [2.24, 2.45) is 5.73 Å². The fourth-order valence-electron chi connectivity index (χ4n) is 2.58. The molecule has 0 unspecified atom stereocenters. The molecule has 9 heteroatoms. The lowest BCUT2D eigenvalue weighted by Gasteiger charge is -2.10. The SMILES string of the molecule is NC(=O)c1c(O)cc(CCc2ccc(C(F)(F)F)cc2)n2ncnc12. The summed E-state index contributed by atoms with van der Waals surface area (Å²) in [7, 11) is 0. The van der Waals surface area contributed by atoms with Crippen LogP contribution < -0.4 is 5.73 Å². The molecule has 0 aliphatic heterocycles. The maximum Gasteiger partial charge on any atom is 0.416 e. The molecule has 0 atom stereocenters. The Bertz CT molecular complexity index is 933. The van der Waals surface area contributed by atoms with E-state index < -0.39 is 17.6 Å². The summed E-state index contributed by atoms with van der Waals surface area (Å²) in [5.74, 6) is -1.14. The second kappa shape index (κ2) is 6.08. The molecule has 3 aromatic rings. The molecule has 0 spiro atoms. The van der Waals surface area contributed by atoms with Crippen molar-refractivity contribution in [1.82, 2.24) is 14.6 Å². The number of fused-ring (bicyclic) bond motifs is 1. The zero-order valence-corrected chi connectivity index (χ0v) is 12.8. The smallest absolute Gasteiger partial charge is 0.416 e. The molecule has 0 fully saturated rings. The maximum atomic E-state index is 12.6. The number of aromatic hydroxyl groups is 1. The number of hydrogen-bond donors (Lipinski definition) is 2. The molecule has 3 N–H and O–H groups in total. The van der Waals surface area contributed by atoms with E-state index in [0.29, 0.717) is 24.1 Å². The van der Waals surface area contributed by atoms with Crippen LogP contribution >= 0.6 is 0 Å². The molecule has 0 aliphatic carbocycles. The predicted octanol–water partition coefficient (Wildman–Crippen LogP) is 2.34. The van der Waals surface area contributed by atoms with Crippen molar-refractivity contribution in [2.75, 3.05) is 0 Å². The molecule has 2 heterocycles.